The van der Waals surface area contributed by atoms with E-state index >= 15 is 0 Å². The predicted octanol–water partition coefficient (Wildman–Crippen LogP) is 1.14. The molecular formula is C18H20ClN5O3. The van der Waals surface area contributed by atoms with Gasteiger partial charge in [-0.2, -0.15) is 0 Å². The van der Waals surface area contributed by atoms with E-state index in [-0.39, 0.29) is 18.0 Å². The second-order valence-corrected chi connectivity index (χ2v) is 6.73. The largest absolute Gasteiger partial charge is 0.337 e. The van der Waals surface area contributed by atoms with Crippen LogP contribution in [0, 0.1) is 0 Å². The molecule has 0 bridgehead atoms. The van der Waals surface area contributed by atoms with Crippen LogP contribution in [0.3, 0.4) is 0 Å². The van der Waals surface area contributed by atoms with Crippen molar-refractivity contribution >= 4 is 28.7 Å². The van der Waals surface area contributed by atoms with E-state index in [9.17, 15) is 14.4 Å². The van der Waals surface area contributed by atoms with Crippen molar-refractivity contribution in [2.24, 2.45) is 14.1 Å². The van der Waals surface area contributed by atoms with E-state index in [2.05, 4.69) is 4.98 Å². The number of carbonyl (C=O) groups is 1. The number of nitrogens with zero attached hydrogens (tertiary/aromatic N) is 5. The molecule has 0 N–H and O–H groups in total. The summed E-state index contributed by atoms with van der Waals surface area (Å²) in [5, 5.41) is 0.586. The van der Waals surface area contributed by atoms with Crippen molar-refractivity contribution in [1.29, 1.82) is 0 Å². The fraction of sp³-hybridized carbons (Fsp3) is 0.333. The maximum absolute atomic E-state index is 12.8. The first-order valence-corrected chi connectivity index (χ1v) is 8.84. The van der Waals surface area contributed by atoms with Gasteiger partial charge in [0.2, 0.25) is 5.91 Å². The Bertz CT molecular complexity index is 1130. The van der Waals surface area contributed by atoms with Gasteiger partial charge in [-0.05, 0) is 24.6 Å². The first kappa shape index (κ1) is 18.9. The molecule has 0 aliphatic rings. The molecular weight excluding hydrogens is 370 g/mol. The Morgan fingerprint density at radius 1 is 1.26 bits per heavy atom. The number of hydrogen-bond acceptors (Lipinski definition) is 4. The van der Waals surface area contributed by atoms with Crippen molar-refractivity contribution in [3.8, 4) is 0 Å². The van der Waals surface area contributed by atoms with Crippen molar-refractivity contribution in [3.63, 3.8) is 0 Å². The molecule has 0 spiro atoms. The number of fused-ring (bicyclic) bond motifs is 1. The summed E-state index contributed by atoms with van der Waals surface area (Å²) in [7, 11) is 3.20. The molecule has 0 aliphatic carbocycles. The number of imidazole rings is 1. The van der Waals surface area contributed by atoms with E-state index in [4.69, 9.17) is 11.6 Å². The van der Waals surface area contributed by atoms with Gasteiger partial charge in [-0.25, -0.2) is 14.3 Å². The van der Waals surface area contributed by atoms with Gasteiger partial charge in [-0.3, -0.25) is 14.2 Å². The molecule has 0 saturated carbocycles. The molecule has 0 saturated heterocycles. The zero-order chi connectivity index (χ0) is 19.7. The lowest BCUT2D eigenvalue weighted by Gasteiger charge is -2.21. The van der Waals surface area contributed by atoms with Gasteiger partial charge < -0.3 is 9.47 Å². The van der Waals surface area contributed by atoms with Gasteiger partial charge in [0.25, 0.3) is 5.56 Å². The zero-order valence-corrected chi connectivity index (χ0v) is 16.1. The molecule has 0 atom stereocenters. The van der Waals surface area contributed by atoms with Crippen LogP contribution in [0.1, 0.15) is 12.5 Å². The second-order valence-electron chi connectivity index (χ2n) is 6.30. The van der Waals surface area contributed by atoms with Gasteiger partial charge in [0.05, 0.1) is 6.33 Å². The van der Waals surface area contributed by atoms with E-state index in [0.717, 1.165) is 10.1 Å². The summed E-state index contributed by atoms with van der Waals surface area (Å²) in [5.41, 5.74) is 0.351. The number of aromatic nitrogens is 4. The number of aryl methyl sites for hydroxylation is 2. The van der Waals surface area contributed by atoms with Crippen LogP contribution < -0.4 is 11.2 Å². The Morgan fingerprint density at radius 2 is 2.00 bits per heavy atom. The molecule has 0 unspecified atom stereocenters. The Morgan fingerprint density at radius 3 is 2.67 bits per heavy atom. The van der Waals surface area contributed by atoms with Crippen LogP contribution >= 0.6 is 11.6 Å². The van der Waals surface area contributed by atoms with Crippen molar-refractivity contribution in [1.82, 2.24) is 23.6 Å². The molecule has 1 amide bonds. The quantitative estimate of drug-likeness (QED) is 0.655. The number of carbonyl (C=O) groups excluding carboxylic acids is 1. The van der Waals surface area contributed by atoms with Gasteiger partial charge in [0, 0.05) is 32.2 Å². The highest BCUT2D eigenvalue weighted by atomic mass is 35.5. The topological polar surface area (TPSA) is 82.1 Å². The van der Waals surface area contributed by atoms with E-state index in [1.54, 1.807) is 28.6 Å². The van der Waals surface area contributed by atoms with Crippen molar-refractivity contribution in [2.75, 3.05) is 6.54 Å². The highest BCUT2D eigenvalue weighted by Gasteiger charge is 2.19. The minimum Gasteiger partial charge on any atom is -0.337 e. The maximum Gasteiger partial charge on any atom is 0.332 e. The van der Waals surface area contributed by atoms with E-state index in [1.165, 1.54) is 17.9 Å². The van der Waals surface area contributed by atoms with E-state index in [1.807, 2.05) is 19.1 Å². The summed E-state index contributed by atoms with van der Waals surface area (Å²) in [6.07, 6.45) is 1.47. The molecule has 0 radical (unpaired) electrons. The lowest BCUT2D eigenvalue weighted by atomic mass is 10.2. The Labute approximate surface area is 160 Å². The summed E-state index contributed by atoms with van der Waals surface area (Å²) in [6, 6.07) is 7.22. The van der Waals surface area contributed by atoms with Crippen LogP contribution in [0.15, 0.2) is 40.2 Å². The molecule has 142 valence electrons. The number of halogens is 1. The molecule has 8 nitrogen and oxygen atoms in total. The Kier molecular flexibility index (Phi) is 5.18. The molecule has 0 fully saturated rings. The fourth-order valence-corrected chi connectivity index (χ4v) is 3.22. The number of hydrogen-bond donors (Lipinski definition) is 0. The molecule has 3 aromatic rings. The van der Waals surface area contributed by atoms with Gasteiger partial charge >= 0.3 is 5.69 Å². The molecule has 0 aliphatic heterocycles. The normalized spacial score (nSPS) is 11.1. The third-order valence-electron chi connectivity index (χ3n) is 4.49. The molecule has 9 heteroatoms. The average Bonchev–Trinajstić information content (AvgIpc) is 3.03. The zero-order valence-electron chi connectivity index (χ0n) is 15.3. The third kappa shape index (κ3) is 3.52. The van der Waals surface area contributed by atoms with Crippen LogP contribution in [0.5, 0.6) is 0 Å². The predicted molar refractivity (Wildman–Crippen MR) is 103 cm³/mol. The molecule has 2 heterocycles. The SMILES string of the molecule is CCN(Cc1cccc(Cl)c1)C(=O)Cn1c(=O)c2c(ncn2C)n(C)c1=O. The summed E-state index contributed by atoms with van der Waals surface area (Å²) in [5.74, 6) is -0.321. The van der Waals surface area contributed by atoms with Crippen molar-refractivity contribution < 1.29 is 4.79 Å². The monoisotopic (exact) mass is 389 g/mol. The number of rotatable bonds is 5. The van der Waals surface area contributed by atoms with Crippen LogP contribution in [0.4, 0.5) is 0 Å². The summed E-state index contributed by atoms with van der Waals surface area (Å²) >= 11 is 6.00. The number of likely N-dealkylation sites (N-methyl/N-ethyl adjacent to an activating group) is 1. The smallest absolute Gasteiger partial charge is 0.332 e. The van der Waals surface area contributed by atoms with Crippen molar-refractivity contribution in [3.05, 3.63) is 62.0 Å². The van der Waals surface area contributed by atoms with Crippen LogP contribution in [-0.4, -0.2) is 36.0 Å². The van der Waals surface area contributed by atoms with Gasteiger partial charge in [0.15, 0.2) is 11.2 Å². The molecule has 27 heavy (non-hydrogen) atoms. The molecule has 2 aromatic heterocycles. The van der Waals surface area contributed by atoms with Gasteiger partial charge in [-0.1, -0.05) is 23.7 Å². The first-order chi connectivity index (χ1) is 12.8. The van der Waals surface area contributed by atoms with E-state index in [0.29, 0.717) is 23.8 Å². The highest BCUT2D eigenvalue weighted by molar-refractivity contribution is 6.30. The van der Waals surface area contributed by atoms with Crippen molar-refractivity contribution in [2.45, 2.75) is 20.0 Å². The fourth-order valence-electron chi connectivity index (χ4n) is 3.00. The standard InChI is InChI=1S/C18H20ClN5O3/c1-4-23(9-12-6-5-7-13(19)8-12)14(25)10-24-17(26)15-16(20-11-21(15)2)22(3)18(24)27/h5-8,11H,4,9-10H2,1-3H3. The second kappa shape index (κ2) is 7.40. The maximum atomic E-state index is 12.8. The lowest BCUT2D eigenvalue weighted by Crippen LogP contribution is -2.44. The Balaban J connectivity index is 1.94. The van der Waals surface area contributed by atoms with Gasteiger partial charge in [0.1, 0.15) is 6.54 Å². The summed E-state index contributed by atoms with van der Waals surface area (Å²) in [4.78, 5) is 43.7. The summed E-state index contributed by atoms with van der Waals surface area (Å²) < 4.78 is 3.77. The van der Waals surface area contributed by atoms with E-state index < -0.39 is 11.2 Å². The van der Waals surface area contributed by atoms with Crippen LogP contribution in [0.25, 0.3) is 11.2 Å². The summed E-state index contributed by atoms with van der Waals surface area (Å²) in [6.45, 7) is 2.29. The molecule has 1 aromatic carbocycles. The Hall–Kier alpha value is -2.87. The minimum absolute atomic E-state index is 0.280. The molecule has 3 rings (SSSR count). The van der Waals surface area contributed by atoms with Crippen LogP contribution in [-0.2, 0) is 32.0 Å². The first-order valence-electron chi connectivity index (χ1n) is 8.46. The number of amides is 1. The third-order valence-corrected chi connectivity index (χ3v) is 4.73. The lowest BCUT2D eigenvalue weighted by molar-refractivity contribution is -0.132. The highest BCUT2D eigenvalue weighted by Crippen LogP contribution is 2.13. The van der Waals surface area contributed by atoms with Gasteiger partial charge in [-0.15, -0.1) is 0 Å². The minimum atomic E-state index is -0.571. The number of benzene rings is 1. The van der Waals surface area contributed by atoms with Crippen LogP contribution in [0.2, 0.25) is 5.02 Å². The average molecular weight is 390 g/mol.